The molecule has 8 heteroatoms. The molecule has 2 N–H and O–H groups in total. The highest BCUT2D eigenvalue weighted by Crippen LogP contribution is 2.40. The van der Waals surface area contributed by atoms with Gasteiger partial charge in [0.15, 0.2) is 0 Å². The highest BCUT2D eigenvalue weighted by molar-refractivity contribution is 5.87. The molecule has 0 heterocycles. The molecular weight excluding hydrogens is 744 g/mol. The van der Waals surface area contributed by atoms with E-state index in [4.69, 9.17) is 14.2 Å². The second-order valence-corrected chi connectivity index (χ2v) is 17.2. The Kier molecular flexibility index (Phi) is 19.6. The van der Waals surface area contributed by atoms with Crippen molar-refractivity contribution < 1.29 is 38.4 Å². The Morgan fingerprint density at radius 1 is 0.814 bits per heavy atom. The van der Waals surface area contributed by atoms with Crippen LogP contribution in [0.25, 0.3) is 11.1 Å². The van der Waals surface area contributed by atoms with Crippen molar-refractivity contribution in [2.45, 2.75) is 136 Å². The SMILES string of the molecule is C=C(C)C(=O)OCCCc1cc(-c2ccc(C3C=CC(C4CCC(CCCCC)CC4)=CC3)cc2F)cc(CCCOC(=O)C(=C)C)c1OCCC(CO)(CO)CCC. The van der Waals surface area contributed by atoms with Crippen LogP contribution in [0.15, 0.2) is 78.4 Å². The quantitative estimate of drug-likeness (QED) is 0.0584. The van der Waals surface area contributed by atoms with Crippen LogP contribution in [0.1, 0.15) is 140 Å². The number of carbonyl (C=O) groups is 2. The lowest BCUT2D eigenvalue weighted by atomic mass is 9.75. The Balaban J connectivity index is 1.58. The number of aliphatic hydroxyl groups is 2. The van der Waals surface area contributed by atoms with Crippen molar-refractivity contribution in [1.82, 2.24) is 0 Å². The lowest BCUT2D eigenvalue weighted by Crippen LogP contribution is -2.31. The number of rotatable bonds is 25. The van der Waals surface area contributed by atoms with E-state index in [-0.39, 0.29) is 44.8 Å². The first-order valence-electron chi connectivity index (χ1n) is 22.3. The van der Waals surface area contributed by atoms with Gasteiger partial charge >= 0.3 is 11.9 Å². The summed E-state index contributed by atoms with van der Waals surface area (Å²) in [4.78, 5) is 24.3. The molecule has 1 unspecified atom stereocenters. The molecule has 0 aromatic heterocycles. The smallest absolute Gasteiger partial charge is 0.333 e. The summed E-state index contributed by atoms with van der Waals surface area (Å²) >= 11 is 0. The van der Waals surface area contributed by atoms with Gasteiger partial charge in [-0.15, -0.1) is 0 Å². The molecule has 324 valence electrons. The standard InChI is InChI=1S/C51H71FO7/c1-7-9-10-13-38-16-18-39(19-17-38)40-20-22-41(23-21-40)42-24-25-46(47(52)33-42)45-31-43(14-11-28-58-49(55)36(3)4)48(57-30-27-51(34-53,35-54)26-8-2)44(32-45)15-12-29-59-50(56)37(5)6/h20-22,24-25,31-33,38-39,41,53-54H,3,5,7-19,23,26-30,34-35H2,1-2,4,6H3. The molecule has 0 radical (unpaired) electrons. The molecule has 0 bridgehead atoms. The summed E-state index contributed by atoms with van der Waals surface area (Å²) in [6, 6.07) is 9.46. The van der Waals surface area contributed by atoms with Crippen LogP contribution in [0.2, 0.25) is 0 Å². The molecule has 59 heavy (non-hydrogen) atoms. The average Bonchev–Trinajstić information content (AvgIpc) is 3.24. The molecule has 7 nitrogen and oxygen atoms in total. The van der Waals surface area contributed by atoms with Crippen LogP contribution in [-0.2, 0) is 31.9 Å². The van der Waals surface area contributed by atoms with Crippen molar-refractivity contribution in [3.05, 3.63) is 101 Å². The van der Waals surface area contributed by atoms with Gasteiger partial charge < -0.3 is 24.4 Å². The van der Waals surface area contributed by atoms with Crippen molar-refractivity contribution in [1.29, 1.82) is 0 Å². The number of ether oxygens (including phenoxy) is 3. The number of carbonyl (C=O) groups excluding carboxylic acids is 2. The van der Waals surface area contributed by atoms with Gasteiger partial charge in [0.05, 0.1) is 33.0 Å². The van der Waals surface area contributed by atoms with Crippen LogP contribution in [0.3, 0.4) is 0 Å². The van der Waals surface area contributed by atoms with Crippen molar-refractivity contribution in [3.63, 3.8) is 0 Å². The first kappa shape index (κ1) is 47.7. The van der Waals surface area contributed by atoms with E-state index in [0.717, 1.165) is 35.4 Å². The summed E-state index contributed by atoms with van der Waals surface area (Å²) in [6.07, 6.45) is 22.1. The highest BCUT2D eigenvalue weighted by Gasteiger charge is 2.29. The van der Waals surface area contributed by atoms with Crippen molar-refractivity contribution in [3.8, 4) is 16.9 Å². The Morgan fingerprint density at radius 3 is 1.95 bits per heavy atom. The van der Waals surface area contributed by atoms with Crippen molar-refractivity contribution in [2.75, 3.05) is 33.0 Å². The summed E-state index contributed by atoms with van der Waals surface area (Å²) in [5.74, 6) is 1.02. The third-order valence-electron chi connectivity index (χ3n) is 12.3. The minimum absolute atomic E-state index is 0.107. The van der Waals surface area contributed by atoms with Gasteiger partial charge in [0.1, 0.15) is 11.6 Å². The number of aliphatic hydroxyl groups excluding tert-OH is 2. The lowest BCUT2D eigenvalue weighted by Gasteiger charge is -2.31. The van der Waals surface area contributed by atoms with Gasteiger partial charge in [0, 0.05) is 28.0 Å². The summed E-state index contributed by atoms with van der Waals surface area (Å²) in [7, 11) is 0. The van der Waals surface area contributed by atoms with Gasteiger partial charge in [0.2, 0.25) is 0 Å². The number of esters is 2. The van der Waals surface area contributed by atoms with E-state index in [2.05, 4.69) is 38.3 Å². The first-order chi connectivity index (χ1) is 28.4. The third-order valence-corrected chi connectivity index (χ3v) is 12.3. The first-order valence-corrected chi connectivity index (χ1v) is 22.3. The highest BCUT2D eigenvalue weighted by atomic mass is 19.1. The molecule has 1 saturated carbocycles. The molecule has 2 aliphatic rings. The van der Waals surface area contributed by atoms with Crippen LogP contribution in [-0.4, -0.2) is 55.2 Å². The molecule has 0 aliphatic heterocycles. The Labute approximate surface area is 353 Å². The van der Waals surface area contributed by atoms with Gasteiger partial charge in [-0.3, -0.25) is 0 Å². The topological polar surface area (TPSA) is 102 Å². The van der Waals surface area contributed by atoms with E-state index in [1.807, 2.05) is 31.2 Å². The zero-order valence-electron chi connectivity index (χ0n) is 36.4. The maximum absolute atomic E-state index is 16.3. The monoisotopic (exact) mass is 815 g/mol. The van der Waals surface area contributed by atoms with E-state index in [0.29, 0.717) is 72.5 Å². The minimum Gasteiger partial charge on any atom is -0.493 e. The van der Waals surface area contributed by atoms with Crippen LogP contribution in [0.5, 0.6) is 5.75 Å². The normalized spacial score (nSPS) is 17.9. The molecule has 2 aromatic rings. The summed E-state index contributed by atoms with van der Waals surface area (Å²) < 4.78 is 33.7. The molecule has 0 amide bonds. The lowest BCUT2D eigenvalue weighted by molar-refractivity contribution is -0.139. The number of aryl methyl sites for hydroxylation is 2. The van der Waals surface area contributed by atoms with Crippen LogP contribution < -0.4 is 4.74 Å². The molecular formula is C51H71FO7. The zero-order valence-corrected chi connectivity index (χ0v) is 36.4. The summed E-state index contributed by atoms with van der Waals surface area (Å²) in [5, 5.41) is 20.4. The summed E-state index contributed by atoms with van der Waals surface area (Å²) in [6.45, 7) is 15.1. The van der Waals surface area contributed by atoms with Crippen LogP contribution in [0.4, 0.5) is 4.39 Å². The second kappa shape index (κ2) is 24.3. The molecule has 0 saturated heterocycles. The number of hydrogen-bond donors (Lipinski definition) is 2. The number of unbranched alkanes of at least 4 members (excludes halogenated alkanes) is 2. The second-order valence-electron chi connectivity index (χ2n) is 17.2. The van der Waals surface area contributed by atoms with E-state index >= 15 is 4.39 Å². The van der Waals surface area contributed by atoms with Crippen molar-refractivity contribution in [2.24, 2.45) is 17.3 Å². The largest absolute Gasteiger partial charge is 0.493 e. The Hall–Kier alpha value is -4.01. The number of benzene rings is 2. The molecule has 1 atom stereocenters. The average molecular weight is 815 g/mol. The fraction of sp³-hybridized carbons (Fsp3) is 0.569. The molecule has 4 rings (SSSR count). The van der Waals surface area contributed by atoms with E-state index < -0.39 is 17.4 Å². The van der Waals surface area contributed by atoms with Crippen LogP contribution in [0, 0.1) is 23.1 Å². The fourth-order valence-electron chi connectivity index (χ4n) is 8.61. The predicted octanol–water partition coefficient (Wildman–Crippen LogP) is 11.5. The number of hydrogen-bond acceptors (Lipinski definition) is 7. The molecule has 0 spiro atoms. The molecule has 2 aromatic carbocycles. The number of allylic oxidation sites excluding steroid dienone is 4. The summed E-state index contributed by atoms with van der Waals surface area (Å²) in [5.41, 5.74) is 5.17. The molecule has 1 fully saturated rings. The van der Waals surface area contributed by atoms with Gasteiger partial charge in [0.25, 0.3) is 0 Å². The van der Waals surface area contributed by atoms with E-state index in [1.54, 1.807) is 19.9 Å². The van der Waals surface area contributed by atoms with Crippen molar-refractivity contribution >= 4 is 11.9 Å². The van der Waals surface area contributed by atoms with Gasteiger partial charge in [-0.25, -0.2) is 14.0 Å². The maximum atomic E-state index is 16.3. The predicted molar refractivity (Wildman–Crippen MR) is 236 cm³/mol. The Bertz CT molecular complexity index is 1710. The van der Waals surface area contributed by atoms with E-state index in [9.17, 15) is 19.8 Å². The maximum Gasteiger partial charge on any atom is 0.333 e. The zero-order chi connectivity index (χ0) is 42.8. The third kappa shape index (κ3) is 14.3. The van der Waals surface area contributed by atoms with Gasteiger partial charge in [-0.05, 0) is 142 Å². The van der Waals surface area contributed by atoms with E-state index in [1.165, 1.54) is 56.9 Å². The van der Waals surface area contributed by atoms with Gasteiger partial charge in [-0.2, -0.15) is 0 Å². The number of halogens is 1. The minimum atomic E-state index is -0.675. The molecule has 2 aliphatic carbocycles. The van der Waals surface area contributed by atoms with Crippen LogP contribution >= 0.6 is 0 Å². The Morgan fingerprint density at radius 2 is 1.44 bits per heavy atom. The van der Waals surface area contributed by atoms with Gasteiger partial charge in [-0.1, -0.05) is 89.5 Å². The fourth-order valence-corrected chi connectivity index (χ4v) is 8.61.